The van der Waals surface area contributed by atoms with Crippen LogP contribution >= 0.6 is 0 Å². The maximum atomic E-state index is 13.2. The Morgan fingerprint density at radius 1 is 1.20 bits per heavy atom. The number of methoxy groups -OCH3 is 1. The van der Waals surface area contributed by atoms with Crippen LogP contribution in [0.4, 0.5) is 0 Å². The van der Waals surface area contributed by atoms with Gasteiger partial charge in [0.1, 0.15) is 35.3 Å². The average molecular weight is 621 g/mol. The number of hydrogen-bond acceptors (Lipinski definition) is 12. The Hall–Kier alpha value is -2.35. The molecule has 3 aliphatic carbocycles. The summed E-state index contributed by atoms with van der Waals surface area (Å²) in [6.45, 7) is 11.9. The first-order valence-corrected chi connectivity index (χ1v) is 15.3. The number of furan rings is 1. The summed E-state index contributed by atoms with van der Waals surface area (Å²) in [4.78, 5) is 38.3. The summed E-state index contributed by atoms with van der Waals surface area (Å²) in [5, 5.41) is 37.8. The predicted octanol–water partition coefficient (Wildman–Crippen LogP) is 2.57. The molecule has 0 aromatic carbocycles. The van der Waals surface area contributed by atoms with Crippen molar-refractivity contribution in [2.45, 2.75) is 121 Å². The summed E-state index contributed by atoms with van der Waals surface area (Å²) in [6.07, 6.45) is -0.862. The molecule has 12 atom stereocenters. The molecule has 1 aromatic rings. The fourth-order valence-electron chi connectivity index (χ4n) is 11.3. The minimum atomic E-state index is -2.27. The molecular formula is C32H44O12. The van der Waals surface area contributed by atoms with Gasteiger partial charge >= 0.3 is 11.9 Å². The molecule has 2 saturated heterocycles. The number of carbonyl (C=O) groups excluding carboxylic acids is 3. The molecule has 0 radical (unpaired) electrons. The lowest BCUT2D eigenvalue weighted by Gasteiger charge is -2.74. The molecule has 3 N–H and O–H groups in total. The lowest BCUT2D eigenvalue weighted by molar-refractivity contribution is -0.474. The monoisotopic (exact) mass is 620 g/mol. The normalized spacial score (nSPS) is 47.8. The number of rotatable bonds is 10. The van der Waals surface area contributed by atoms with Crippen molar-refractivity contribution in [1.29, 1.82) is 0 Å². The van der Waals surface area contributed by atoms with E-state index in [1.165, 1.54) is 26.6 Å². The summed E-state index contributed by atoms with van der Waals surface area (Å²) in [5.41, 5.74) is -10.4. The molecule has 12 unspecified atom stereocenters. The topological polar surface area (TPSA) is 171 Å². The molecule has 12 nitrogen and oxygen atoms in total. The van der Waals surface area contributed by atoms with Crippen LogP contribution in [-0.2, 0) is 38.1 Å². The maximum Gasteiger partial charge on any atom is 0.305 e. The number of carbonyl (C=O) groups is 3. The second-order valence-corrected chi connectivity index (χ2v) is 14.6. The summed E-state index contributed by atoms with van der Waals surface area (Å²) in [6, 6.07) is 1.61. The van der Waals surface area contributed by atoms with E-state index in [-0.39, 0.29) is 25.7 Å². The van der Waals surface area contributed by atoms with Gasteiger partial charge in [0.05, 0.1) is 25.7 Å². The second kappa shape index (κ2) is 9.13. The van der Waals surface area contributed by atoms with Gasteiger partial charge in [-0.1, -0.05) is 34.6 Å². The molecule has 2 aliphatic heterocycles. The van der Waals surface area contributed by atoms with Gasteiger partial charge < -0.3 is 48.2 Å². The van der Waals surface area contributed by atoms with Crippen molar-refractivity contribution in [3.8, 4) is 0 Å². The van der Waals surface area contributed by atoms with E-state index in [0.717, 1.165) is 0 Å². The van der Waals surface area contributed by atoms with Gasteiger partial charge in [0.15, 0.2) is 5.60 Å². The zero-order valence-electron chi connectivity index (χ0n) is 26.5. The van der Waals surface area contributed by atoms with Gasteiger partial charge in [-0.15, -0.1) is 0 Å². The van der Waals surface area contributed by atoms with Crippen molar-refractivity contribution in [3.63, 3.8) is 0 Å². The van der Waals surface area contributed by atoms with Crippen LogP contribution in [0.25, 0.3) is 0 Å². The van der Waals surface area contributed by atoms with E-state index >= 15 is 0 Å². The third-order valence-electron chi connectivity index (χ3n) is 12.7. The largest absolute Gasteiger partial charge is 0.472 e. The molecule has 4 bridgehead atoms. The summed E-state index contributed by atoms with van der Waals surface area (Å²) >= 11 is 0. The number of ether oxygens (including phenoxy) is 5. The summed E-state index contributed by atoms with van der Waals surface area (Å²) in [7, 11) is 1.29. The highest BCUT2D eigenvalue weighted by molar-refractivity contribution is 5.71. The number of esters is 2. The van der Waals surface area contributed by atoms with E-state index in [2.05, 4.69) is 0 Å². The molecule has 5 aliphatic rings. The number of aliphatic hydroxyl groups excluding tert-OH is 2. The third-order valence-corrected chi connectivity index (χ3v) is 12.7. The molecular weight excluding hydrogens is 576 g/mol. The zero-order valence-corrected chi connectivity index (χ0v) is 26.5. The molecule has 1 spiro atoms. The van der Waals surface area contributed by atoms with Gasteiger partial charge in [-0.05, 0) is 24.8 Å². The van der Waals surface area contributed by atoms with Gasteiger partial charge in [-0.25, -0.2) is 0 Å². The maximum absolute atomic E-state index is 13.2. The smallest absolute Gasteiger partial charge is 0.305 e. The fourth-order valence-corrected chi connectivity index (χ4v) is 11.3. The quantitative estimate of drug-likeness (QED) is 0.258. The lowest BCUT2D eigenvalue weighted by atomic mass is 9.36. The first kappa shape index (κ1) is 31.6. The molecule has 3 heterocycles. The predicted molar refractivity (Wildman–Crippen MR) is 149 cm³/mol. The summed E-state index contributed by atoms with van der Waals surface area (Å²) < 4.78 is 36.8. The Balaban J connectivity index is 1.69. The molecule has 3 saturated carbocycles. The van der Waals surface area contributed by atoms with Crippen LogP contribution in [0.5, 0.6) is 0 Å². The highest BCUT2D eigenvalue weighted by atomic mass is 16.9. The molecule has 5 fully saturated rings. The highest BCUT2D eigenvalue weighted by Gasteiger charge is 3.02. The number of aldehydes is 1. The second-order valence-electron chi connectivity index (χ2n) is 14.6. The molecule has 0 amide bonds. The van der Waals surface area contributed by atoms with E-state index in [0.29, 0.717) is 11.8 Å². The van der Waals surface area contributed by atoms with Gasteiger partial charge in [-0.3, -0.25) is 9.59 Å². The van der Waals surface area contributed by atoms with Crippen molar-refractivity contribution in [3.05, 3.63) is 24.2 Å². The first-order chi connectivity index (χ1) is 20.4. The Morgan fingerprint density at radius 3 is 2.43 bits per heavy atom. The van der Waals surface area contributed by atoms with Crippen molar-refractivity contribution < 1.29 is 57.8 Å². The Labute approximate surface area is 256 Å². The Morgan fingerprint density at radius 2 is 1.89 bits per heavy atom. The van der Waals surface area contributed by atoms with Crippen molar-refractivity contribution in [2.75, 3.05) is 7.11 Å². The van der Waals surface area contributed by atoms with Crippen LogP contribution in [0, 0.1) is 28.1 Å². The lowest BCUT2D eigenvalue weighted by Crippen LogP contribution is -2.92. The van der Waals surface area contributed by atoms with Crippen LogP contribution in [-0.4, -0.2) is 81.2 Å². The molecule has 6 rings (SSSR count). The van der Waals surface area contributed by atoms with E-state index in [1.54, 1.807) is 26.8 Å². The zero-order chi connectivity index (χ0) is 32.5. The molecule has 12 heteroatoms. The van der Waals surface area contributed by atoms with E-state index in [1.807, 2.05) is 20.8 Å². The van der Waals surface area contributed by atoms with Gasteiger partial charge in [0.25, 0.3) is 5.97 Å². The van der Waals surface area contributed by atoms with Gasteiger partial charge in [0, 0.05) is 54.4 Å². The SMILES string of the molecule is CCC12OC3(C)OC1(C(CC=O)C(C)(C)C(O)c1ccoc1)C(O)C1(O)C(OC(C)=O)C4(C)CC1(O3)C2(C)C4CC(=O)OC. The van der Waals surface area contributed by atoms with Gasteiger partial charge in [-0.2, -0.15) is 0 Å². The van der Waals surface area contributed by atoms with Crippen LogP contribution in [0.1, 0.15) is 85.8 Å². The van der Waals surface area contributed by atoms with Crippen LogP contribution in [0.3, 0.4) is 0 Å². The van der Waals surface area contributed by atoms with E-state index in [9.17, 15) is 29.7 Å². The number of aliphatic hydroxyl groups is 3. The Bertz CT molecular complexity index is 1380. The van der Waals surface area contributed by atoms with E-state index < -0.39 is 86.7 Å². The first-order valence-electron chi connectivity index (χ1n) is 15.3. The molecule has 44 heavy (non-hydrogen) atoms. The Kier molecular flexibility index (Phi) is 6.56. The average Bonchev–Trinajstić information content (AvgIpc) is 3.65. The standard InChI is InChI=1S/C32H44O12/c1-9-29-27(6)20(14-21(35)39-8)26(5)16-30(27)31(38,24(26)41-17(2)34)23(37)32(29,44-28(7,42-29)43-30)19(10-12-33)25(3,4)22(36)18-11-13-40-15-18/h11-13,15,19-20,22-24,36-38H,9-10,14,16H2,1-8H3. The minimum absolute atomic E-state index is 0.114. The molecule has 244 valence electrons. The number of fused-ring (bicyclic) bond motifs is 2. The van der Waals surface area contributed by atoms with Crippen molar-refractivity contribution >= 4 is 18.2 Å². The fraction of sp³-hybridized carbons (Fsp3) is 0.781. The summed E-state index contributed by atoms with van der Waals surface area (Å²) in [5.74, 6) is -4.70. The van der Waals surface area contributed by atoms with Crippen molar-refractivity contribution in [1.82, 2.24) is 0 Å². The van der Waals surface area contributed by atoms with Crippen LogP contribution < -0.4 is 0 Å². The number of hydrogen-bond donors (Lipinski definition) is 3. The highest BCUT2D eigenvalue weighted by Crippen LogP contribution is 2.88. The van der Waals surface area contributed by atoms with Crippen molar-refractivity contribution in [2.24, 2.45) is 28.1 Å². The van der Waals surface area contributed by atoms with E-state index in [4.69, 9.17) is 28.1 Å². The van der Waals surface area contributed by atoms with Crippen LogP contribution in [0.2, 0.25) is 0 Å². The van der Waals surface area contributed by atoms with Gasteiger partial charge in [0.2, 0.25) is 0 Å². The molecule has 1 aromatic heterocycles. The third kappa shape index (κ3) is 3.08. The van der Waals surface area contributed by atoms with Crippen LogP contribution in [0.15, 0.2) is 23.0 Å². The minimum Gasteiger partial charge on any atom is -0.472 e.